The number of rotatable bonds is 11. The van der Waals surface area contributed by atoms with E-state index in [1.165, 1.54) is 12.4 Å². The second kappa shape index (κ2) is 15.0. The summed E-state index contributed by atoms with van der Waals surface area (Å²) in [7, 11) is 0. The molecule has 18 heteroatoms. The van der Waals surface area contributed by atoms with Gasteiger partial charge in [0.25, 0.3) is 0 Å². The highest BCUT2D eigenvalue weighted by molar-refractivity contribution is 5.91. The fraction of sp³-hybridized carbons (Fsp3) is 0.406. The van der Waals surface area contributed by atoms with Crippen molar-refractivity contribution in [1.29, 1.82) is 10.5 Å². The zero-order valence-corrected chi connectivity index (χ0v) is 26.3. The molecule has 2 aromatic heterocycles. The lowest BCUT2D eigenvalue weighted by Crippen LogP contribution is -2.62. The summed E-state index contributed by atoms with van der Waals surface area (Å²) in [6, 6.07) is 7.62. The van der Waals surface area contributed by atoms with E-state index in [1.54, 1.807) is 13.0 Å². The summed E-state index contributed by atoms with van der Waals surface area (Å²) in [5.74, 6) is -4.11. The van der Waals surface area contributed by atoms with Crippen LogP contribution in [0.15, 0.2) is 42.7 Å². The van der Waals surface area contributed by atoms with Crippen molar-refractivity contribution in [2.45, 2.75) is 68.9 Å². The number of nitriles is 2. The molecule has 0 aliphatic carbocycles. The highest BCUT2D eigenvalue weighted by Gasteiger charge is 2.50. The van der Waals surface area contributed by atoms with E-state index in [2.05, 4.69) is 15.0 Å². The predicted octanol–water partition coefficient (Wildman–Crippen LogP) is 6.27. The number of anilines is 1. The Morgan fingerprint density at radius 3 is 2.38 bits per heavy atom. The molecule has 50 heavy (non-hydrogen) atoms. The number of unbranched alkanes of at least 4 members (excludes halogenated alkanes) is 1. The summed E-state index contributed by atoms with van der Waals surface area (Å²) >= 11 is 0. The van der Waals surface area contributed by atoms with E-state index in [0.717, 1.165) is 23.1 Å². The highest BCUT2D eigenvalue weighted by Crippen LogP contribution is 2.51. The number of ether oxygens (including phenoxy) is 2. The van der Waals surface area contributed by atoms with Gasteiger partial charge in [0.2, 0.25) is 0 Å². The molecule has 12 nitrogen and oxygen atoms in total. The Bertz CT molecular complexity index is 1810. The summed E-state index contributed by atoms with van der Waals surface area (Å²) in [4.78, 5) is 37.7. The van der Waals surface area contributed by atoms with Gasteiger partial charge in [0.1, 0.15) is 18.1 Å². The zero-order chi connectivity index (χ0) is 36.9. The molecule has 1 aromatic carbocycles. The van der Waals surface area contributed by atoms with Crippen LogP contribution in [-0.2, 0) is 21.9 Å². The van der Waals surface area contributed by atoms with Crippen molar-refractivity contribution in [1.82, 2.24) is 15.0 Å². The van der Waals surface area contributed by atoms with Crippen LogP contribution in [0.5, 0.6) is 5.75 Å². The molecule has 0 bridgehead atoms. The van der Waals surface area contributed by atoms with Crippen LogP contribution in [0.1, 0.15) is 84.8 Å². The van der Waals surface area contributed by atoms with Crippen LogP contribution in [0, 0.1) is 22.7 Å². The van der Waals surface area contributed by atoms with Crippen LogP contribution in [0.25, 0.3) is 0 Å². The molecule has 0 saturated carbocycles. The molecule has 0 radical (unpaired) electrons. The average molecular weight is 706 g/mol. The minimum atomic E-state index is -4.99. The van der Waals surface area contributed by atoms with Crippen LogP contribution in [-0.4, -0.2) is 51.0 Å². The van der Waals surface area contributed by atoms with Crippen molar-refractivity contribution in [2.24, 2.45) is 5.73 Å². The summed E-state index contributed by atoms with van der Waals surface area (Å²) in [6.45, 7) is 1.07. The third-order valence-corrected chi connectivity index (χ3v) is 7.94. The molecule has 0 spiro atoms. The van der Waals surface area contributed by atoms with E-state index in [0.29, 0.717) is 18.6 Å². The first-order valence-corrected chi connectivity index (χ1v) is 15.0. The Morgan fingerprint density at radius 1 is 1.10 bits per heavy atom. The van der Waals surface area contributed by atoms with Gasteiger partial charge in [-0.3, -0.25) is 9.69 Å². The number of hydrogen-bond donors (Lipinski definition) is 2. The van der Waals surface area contributed by atoms with E-state index >= 15 is 0 Å². The number of carboxylic acid groups (broad SMARTS) is 1. The van der Waals surface area contributed by atoms with Gasteiger partial charge in [0, 0.05) is 12.3 Å². The number of nitrogens with two attached hydrogens (primary N) is 1. The second-order valence-electron chi connectivity index (χ2n) is 11.3. The summed E-state index contributed by atoms with van der Waals surface area (Å²) in [5.41, 5.74) is 1.09. The second-order valence-corrected chi connectivity index (χ2v) is 11.3. The number of benzene rings is 1. The molecule has 264 valence electrons. The van der Waals surface area contributed by atoms with Gasteiger partial charge in [-0.15, -0.1) is 0 Å². The largest absolute Gasteiger partial charge is 0.490 e. The Kier molecular flexibility index (Phi) is 11.2. The first-order chi connectivity index (χ1) is 23.5. The van der Waals surface area contributed by atoms with Gasteiger partial charge in [-0.2, -0.15) is 36.9 Å². The number of nitrogens with zero attached hydrogens (tertiary/aromatic N) is 6. The number of halogens is 6. The van der Waals surface area contributed by atoms with Gasteiger partial charge in [0.05, 0.1) is 71.6 Å². The molecule has 0 saturated heterocycles. The molecule has 3 atom stereocenters. The maximum Gasteiger partial charge on any atom is 0.433 e. The number of pyridine rings is 1. The predicted molar refractivity (Wildman–Crippen MR) is 160 cm³/mol. The molecule has 4 rings (SSSR count). The van der Waals surface area contributed by atoms with Crippen LogP contribution in [0.2, 0.25) is 0 Å². The minimum absolute atomic E-state index is 0.0624. The lowest BCUT2D eigenvalue weighted by molar-refractivity contribution is -0.141. The number of alkyl halides is 6. The number of aliphatic carboxylic acids is 1. The Labute approximate surface area is 281 Å². The van der Waals surface area contributed by atoms with Crippen LogP contribution in [0.3, 0.4) is 0 Å². The van der Waals surface area contributed by atoms with Gasteiger partial charge in [-0.1, -0.05) is 6.92 Å². The van der Waals surface area contributed by atoms with Crippen LogP contribution >= 0.6 is 0 Å². The average Bonchev–Trinajstić information content (AvgIpc) is 3.06. The van der Waals surface area contributed by atoms with Gasteiger partial charge in [-0.25, -0.2) is 19.7 Å². The highest BCUT2D eigenvalue weighted by atomic mass is 19.4. The molecular weight excluding hydrogens is 676 g/mol. The standard InChI is InChI=1S/C32H29F6N7O5/c1-2-30(41)14-22(27-23(5-6-24(44-27)32(36,37)38)45(30)29(48)50-10-7-25(46)47)26(19-11-18(15-40)12-20(13-19)31(33,34)35)28-42-16-21(17-43-28)49-9-4-3-8-39/h5-6,11-13,16-17,22,26H,2-4,7,9-10,14,41H2,1H3,(H,46,47)/t22-,26?,30+/m0/s1. The monoisotopic (exact) mass is 705 g/mol. The molecule has 0 fully saturated rings. The molecule has 1 amide bonds. The molecule has 3 aromatic rings. The minimum Gasteiger partial charge on any atom is -0.490 e. The van der Waals surface area contributed by atoms with Crippen molar-refractivity contribution in [2.75, 3.05) is 18.1 Å². The van der Waals surface area contributed by atoms with Crippen molar-refractivity contribution in [3.05, 3.63) is 76.6 Å². The Morgan fingerprint density at radius 2 is 1.80 bits per heavy atom. The van der Waals surface area contributed by atoms with Crippen molar-refractivity contribution in [3.8, 4) is 17.9 Å². The number of carbonyl (C=O) groups is 2. The number of aromatic nitrogens is 3. The SMILES string of the molecule is CC[C@]1(N)C[C@@H](C(c2cc(C#N)cc(C(F)(F)F)c2)c2ncc(OCCCC#N)cn2)c2nc(C(F)(F)F)ccc2N1C(=O)OCCC(=O)O. The van der Waals surface area contributed by atoms with Gasteiger partial charge >= 0.3 is 24.4 Å². The lowest BCUT2D eigenvalue weighted by atomic mass is 9.73. The normalized spacial score (nSPS) is 18.0. The Hall–Kier alpha value is -5.49. The quantitative estimate of drug-likeness (QED) is 0.169. The number of hydrogen-bond acceptors (Lipinski definition) is 10. The number of carboxylic acids is 1. The van der Waals surface area contributed by atoms with E-state index in [4.69, 9.17) is 25.6 Å². The van der Waals surface area contributed by atoms with Crippen molar-refractivity contribution < 1.29 is 50.5 Å². The van der Waals surface area contributed by atoms with Gasteiger partial charge in [0.15, 0.2) is 5.75 Å². The molecule has 1 aliphatic heterocycles. The first-order valence-electron chi connectivity index (χ1n) is 15.0. The van der Waals surface area contributed by atoms with E-state index in [1.807, 2.05) is 6.07 Å². The van der Waals surface area contributed by atoms with E-state index < -0.39 is 83.9 Å². The first kappa shape index (κ1) is 37.3. The summed E-state index contributed by atoms with van der Waals surface area (Å²) in [5, 5.41) is 27.4. The van der Waals surface area contributed by atoms with Crippen molar-refractivity contribution >= 4 is 17.7 Å². The third-order valence-electron chi connectivity index (χ3n) is 7.94. The molecular formula is C32H29F6N7O5. The summed E-state index contributed by atoms with van der Waals surface area (Å²) < 4.78 is 95.1. The maximum absolute atomic E-state index is 14.1. The summed E-state index contributed by atoms with van der Waals surface area (Å²) in [6.07, 6.45) is -9.20. The van der Waals surface area contributed by atoms with Crippen LogP contribution in [0.4, 0.5) is 36.8 Å². The van der Waals surface area contributed by atoms with Crippen molar-refractivity contribution in [3.63, 3.8) is 0 Å². The van der Waals surface area contributed by atoms with Crippen LogP contribution < -0.4 is 15.4 Å². The maximum atomic E-state index is 14.1. The molecule has 1 unspecified atom stereocenters. The fourth-order valence-electron chi connectivity index (χ4n) is 5.57. The number of amides is 1. The number of carbonyl (C=O) groups excluding carboxylic acids is 1. The zero-order valence-electron chi connectivity index (χ0n) is 26.3. The van der Waals surface area contributed by atoms with Gasteiger partial charge in [-0.05, 0) is 55.2 Å². The van der Waals surface area contributed by atoms with E-state index in [-0.39, 0.29) is 42.3 Å². The third kappa shape index (κ3) is 8.38. The lowest BCUT2D eigenvalue weighted by Gasteiger charge is -2.48. The molecule has 3 N–H and O–H groups in total. The smallest absolute Gasteiger partial charge is 0.433 e. The van der Waals surface area contributed by atoms with E-state index in [9.17, 15) is 41.2 Å². The van der Waals surface area contributed by atoms with Gasteiger partial charge < -0.3 is 20.3 Å². The molecule has 1 aliphatic rings. The topological polar surface area (TPSA) is 188 Å². The molecule has 3 heterocycles. The number of fused-ring (bicyclic) bond motifs is 1. The fourth-order valence-corrected chi connectivity index (χ4v) is 5.57. The Balaban J connectivity index is 1.97.